The van der Waals surface area contributed by atoms with Gasteiger partial charge in [0.15, 0.2) is 5.75 Å². The van der Waals surface area contributed by atoms with Crippen LogP contribution in [0.2, 0.25) is 10.0 Å². The van der Waals surface area contributed by atoms with Crippen LogP contribution in [0.5, 0.6) is 11.6 Å². The summed E-state index contributed by atoms with van der Waals surface area (Å²) in [5.41, 5.74) is 0.958. The molecule has 4 rings (SSSR count). The molecule has 1 aromatic carbocycles. The molecule has 1 aliphatic rings. The lowest BCUT2D eigenvalue weighted by Crippen LogP contribution is -2.11. The normalized spacial score (nSPS) is 13.7. The van der Waals surface area contributed by atoms with Crippen LogP contribution in [-0.2, 0) is 13.6 Å². The summed E-state index contributed by atoms with van der Waals surface area (Å²) in [7, 11) is 1.59. The number of ether oxygens (including phenoxy) is 1. The molecular formula is C17H16Cl2N6O3. The summed E-state index contributed by atoms with van der Waals surface area (Å²) in [5.74, 6) is -0.221. The predicted molar refractivity (Wildman–Crippen MR) is 100 cm³/mol. The SMILES string of the molecule is Cn1nc(C2CC2)c(C(=O)c2ccc(Cl)c(OCCn3cnnn3)c2Cl)c1O. The van der Waals surface area contributed by atoms with E-state index in [9.17, 15) is 9.90 Å². The standard InChI is InChI=1S/C17H16Cl2N6O3/c1-24-17(27)12(14(21-24)9-2-3-9)15(26)10-4-5-11(18)16(13(10)19)28-7-6-25-8-20-22-23-25/h4-5,8-9,27H,2-3,6-7H2,1H3. The van der Waals surface area contributed by atoms with Crippen molar-refractivity contribution in [1.82, 2.24) is 30.0 Å². The number of carbonyl (C=O) groups is 1. The number of benzene rings is 1. The second-order valence-electron chi connectivity index (χ2n) is 6.47. The van der Waals surface area contributed by atoms with Crippen LogP contribution in [0.15, 0.2) is 18.5 Å². The van der Waals surface area contributed by atoms with Gasteiger partial charge in [-0.25, -0.2) is 9.36 Å². The van der Waals surface area contributed by atoms with Crippen LogP contribution in [0.4, 0.5) is 0 Å². The van der Waals surface area contributed by atoms with Crippen molar-refractivity contribution in [2.75, 3.05) is 6.61 Å². The molecule has 146 valence electrons. The molecule has 1 saturated carbocycles. The third-order valence-corrected chi connectivity index (χ3v) is 5.16. The summed E-state index contributed by atoms with van der Waals surface area (Å²) < 4.78 is 8.47. The minimum atomic E-state index is -0.417. The van der Waals surface area contributed by atoms with Crippen molar-refractivity contribution in [3.63, 3.8) is 0 Å². The molecule has 0 unspecified atom stereocenters. The highest BCUT2D eigenvalue weighted by Gasteiger charge is 2.35. The first-order valence-electron chi connectivity index (χ1n) is 8.59. The molecule has 2 heterocycles. The maximum atomic E-state index is 13.2. The summed E-state index contributed by atoms with van der Waals surface area (Å²) in [6.45, 7) is 0.584. The first-order chi connectivity index (χ1) is 13.5. The Balaban J connectivity index is 1.62. The molecule has 28 heavy (non-hydrogen) atoms. The van der Waals surface area contributed by atoms with Gasteiger partial charge in [-0.15, -0.1) is 5.10 Å². The Bertz CT molecular complexity index is 1030. The summed E-state index contributed by atoms with van der Waals surface area (Å²) in [6, 6.07) is 3.06. The van der Waals surface area contributed by atoms with Crippen molar-refractivity contribution in [2.45, 2.75) is 25.3 Å². The molecule has 3 aromatic rings. The average molecular weight is 423 g/mol. The maximum absolute atomic E-state index is 13.2. The van der Waals surface area contributed by atoms with Crippen molar-refractivity contribution in [3.05, 3.63) is 45.3 Å². The average Bonchev–Trinajstić information content (AvgIpc) is 3.30. The highest BCUT2D eigenvalue weighted by Crippen LogP contribution is 2.44. The molecule has 2 aromatic heterocycles. The molecule has 0 saturated heterocycles. The van der Waals surface area contributed by atoms with Crippen LogP contribution in [0.1, 0.15) is 40.4 Å². The first kappa shape index (κ1) is 18.7. The third-order valence-electron chi connectivity index (χ3n) is 4.49. The Morgan fingerprint density at radius 3 is 2.82 bits per heavy atom. The van der Waals surface area contributed by atoms with E-state index >= 15 is 0 Å². The number of carbonyl (C=O) groups excluding carboxylic acids is 1. The number of rotatable bonds is 7. The van der Waals surface area contributed by atoms with Gasteiger partial charge < -0.3 is 9.84 Å². The smallest absolute Gasteiger partial charge is 0.220 e. The van der Waals surface area contributed by atoms with Crippen LogP contribution in [0.25, 0.3) is 0 Å². The lowest BCUT2D eigenvalue weighted by Gasteiger charge is -2.13. The van der Waals surface area contributed by atoms with Crippen molar-refractivity contribution >= 4 is 29.0 Å². The topological polar surface area (TPSA) is 108 Å². The zero-order chi connectivity index (χ0) is 19.8. The molecule has 0 spiro atoms. The zero-order valence-electron chi connectivity index (χ0n) is 14.8. The summed E-state index contributed by atoms with van der Waals surface area (Å²) in [6.07, 6.45) is 3.34. The second-order valence-corrected chi connectivity index (χ2v) is 7.26. The fourth-order valence-corrected chi connectivity index (χ4v) is 3.46. The molecule has 1 aliphatic carbocycles. The van der Waals surface area contributed by atoms with Crippen LogP contribution in [-0.4, -0.2) is 47.5 Å². The van der Waals surface area contributed by atoms with E-state index in [0.717, 1.165) is 12.8 Å². The van der Waals surface area contributed by atoms with E-state index in [-0.39, 0.29) is 45.3 Å². The summed E-state index contributed by atoms with van der Waals surface area (Å²) >= 11 is 12.6. The molecule has 11 heteroatoms. The van der Waals surface area contributed by atoms with Gasteiger partial charge in [-0.05, 0) is 35.4 Å². The number of aromatic nitrogens is 6. The van der Waals surface area contributed by atoms with Gasteiger partial charge in [-0.2, -0.15) is 5.10 Å². The number of tetrazole rings is 1. The van der Waals surface area contributed by atoms with E-state index in [1.54, 1.807) is 7.05 Å². The van der Waals surface area contributed by atoms with Gasteiger partial charge >= 0.3 is 0 Å². The Hall–Kier alpha value is -2.65. The van der Waals surface area contributed by atoms with Crippen LogP contribution >= 0.6 is 23.2 Å². The van der Waals surface area contributed by atoms with Crippen LogP contribution < -0.4 is 4.74 Å². The van der Waals surface area contributed by atoms with E-state index in [4.69, 9.17) is 27.9 Å². The van der Waals surface area contributed by atoms with E-state index in [2.05, 4.69) is 20.6 Å². The second kappa shape index (κ2) is 7.40. The summed E-state index contributed by atoms with van der Waals surface area (Å²) in [5, 5.41) is 25.8. The predicted octanol–water partition coefficient (Wildman–Crippen LogP) is 2.61. The molecule has 9 nitrogen and oxygen atoms in total. The highest BCUT2D eigenvalue weighted by atomic mass is 35.5. The fourth-order valence-electron chi connectivity index (χ4n) is 2.89. The molecule has 0 radical (unpaired) electrons. The largest absolute Gasteiger partial charge is 0.493 e. The molecule has 0 bridgehead atoms. The first-order valence-corrected chi connectivity index (χ1v) is 9.35. The zero-order valence-corrected chi connectivity index (χ0v) is 16.4. The van der Waals surface area contributed by atoms with Gasteiger partial charge in [0, 0.05) is 18.5 Å². The maximum Gasteiger partial charge on any atom is 0.220 e. The third kappa shape index (κ3) is 3.43. The lowest BCUT2D eigenvalue weighted by molar-refractivity contribution is 0.103. The molecule has 0 atom stereocenters. The number of aryl methyl sites for hydroxylation is 1. The quantitative estimate of drug-likeness (QED) is 0.582. The van der Waals surface area contributed by atoms with Crippen LogP contribution in [0.3, 0.4) is 0 Å². The van der Waals surface area contributed by atoms with E-state index < -0.39 is 5.78 Å². The van der Waals surface area contributed by atoms with Crippen molar-refractivity contribution < 1.29 is 14.6 Å². The minimum Gasteiger partial charge on any atom is -0.493 e. The van der Waals surface area contributed by atoms with Crippen molar-refractivity contribution in [1.29, 1.82) is 0 Å². The van der Waals surface area contributed by atoms with Gasteiger partial charge in [-0.3, -0.25) is 4.79 Å². The van der Waals surface area contributed by atoms with Gasteiger partial charge in [-0.1, -0.05) is 23.2 Å². The molecule has 0 aliphatic heterocycles. The van der Waals surface area contributed by atoms with Gasteiger partial charge in [0.25, 0.3) is 0 Å². The Labute approximate surface area is 169 Å². The van der Waals surface area contributed by atoms with Crippen molar-refractivity contribution in [2.24, 2.45) is 7.05 Å². The Kier molecular flexibility index (Phi) is 4.94. The van der Waals surface area contributed by atoms with Crippen LogP contribution in [0, 0.1) is 0 Å². The Morgan fingerprint density at radius 2 is 2.14 bits per heavy atom. The fraction of sp³-hybridized carbons (Fsp3) is 0.353. The molecule has 0 amide bonds. The van der Waals surface area contributed by atoms with E-state index in [0.29, 0.717) is 12.2 Å². The van der Waals surface area contributed by atoms with Crippen molar-refractivity contribution in [3.8, 4) is 11.6 Å². The summed E-state index contributed by atoms with van der Waals surface area (Å²) in [4.78, 5) is 13.2. The molecule has 1 N–H and O–H groups in total. The molecule has 1 fully saturated rings. The Morgan fingerprint density at radius 1 is 1.36 bits per heavy atom. The number of nitrogens with zero attached hydrogens (tertiary/aromatic N) is 6. The lowest BCUT2D eigenvalue weighted by atomic mass is 10.0. The number of ketones is 1. The molecular weight excluding hydrogens is 407 g/mol. The number of hydrogen-bond donors (Lipinski definition) is 1. The number of hydrogen-bond acceptors (Lipinski definition) is 7. The van der Waals surface area contributed by atoms with E-state index in [1.807, 2.05) is 0 Å². The van der Waals surface area contributed by atoms with Gasteiger partial charge in [0.05, 0.1) is 22.3 Å². The minimum absolute atomic E-state index is 0.0826. The van der Waals surface area contributed by atoms with Gasteiger partial charge in [0.1, 0.15) is 18.5 Å². The van der Waals surface area contributed by atoms with Gasteiger partial charge in [0.2, 0.25) is 11.7 Å². The van der Waals surface area contributed by atoms with E-state index in [1.165, 1.54) is 27.8 Å². The number of halogens is 2. The number of aromatic hydroxyl groups is 1. The monoisotopic (exact) mass is 422 g/mol. The highest BCUT2D eigenvalue weighted by molar-refractivity contribution is 6.40.